The second-order valence-electron chi connectivity index (χ2n) is 4.81. The van der Waals surface area contributed by atoms with Crippen LogP contribution >= 0.6 is 11.3 Å². The minimum atomic E-state index is 0.512. The van der Waals surface area contributed by atoms with Crippen molar-refractivity contribution in [2.75, 3.05) is 6.54 Å². The smallest absolute Gasteiger partial charge is 0.0935 e. The summed E-state index contributed by atoms with van der Waals surface area (Å²) in [6.07, 6.45) is 4.60. The SMILES string of the molecule is CC(C)C(CN)Cc1nc(-c2cccnc2)cs1. The van der Waals surface area contributed by atoms with Gasteiger partial charge in [-0.05, 0) is 30.5 Å². The van der Waals surface area contributed by atoms with E-state index in [2.05, 4.69) is 29.2 Å². The fourth-order valence-corrected chi connectivity index (χ4v) is 2.76. The molecular weight excluding hydrogens is 242 g/mol. The summed E-state index contributed by atoms with van der Waals surface area (Å²) in [5.41, 5.74) is 7.90. The van der Waals surface area contributed by atoms with Crippen LogP contribution in [-0.2, 0) is 6.42 Å². The topological polar surface area (TPSA) is 51.8 Å². The van der Waals surface area contributed by atoms with E-state index < -0.39 is 0 Å². The highest BCUT2D eigenvalue weighted by Crippen LogP contribution is 2.24. The lowest BCUT2D eigenvalue weighted by atomic mass is 9.93. The largest absolute Gasteiger partial charge is 0.330 e. The predicted molar refractivity (Wildman–Crippen MR) is 76.4 cm³/mol. The lowest BCUT2D eigenvalue weighted by Crippen LogP contribution is -2.22. The number of hydrogen-bond donors (Lipinski definition) is 1. The van der Waals surface area contributed by atoms with Gasteiger partial charge in [0.2, 0.25) is 0 Å². The summed E-state index contributed by atoms with van der Waals surface area (Å²) in [6.45, 7) is 5.15. The minimum absolute atomic E-state index is 0.512. The van der Waals surface area contributed by atoms with Crippen molar-refractivity contribution in [1.82, 2.24) is 9.97 Å². The number of pyridine rings is 1. The second kappa shape index (κ2) is 6.07. The van der Waals surface area contributed by atoms with Crippen molar-refractivity contribution >= 4 is 11.3 Å². The molecule has 1 atom stereocenters. The molecule has 0 fully saturated rings. The molecule has 0 aliphatic rings. The molecule has 0 aromatic carbocycles. The van der Waals surface area contributed by atoms with E-state index in [0.29, 0.717) is 11.8 Å². The Bertz CT molecular complexity index is 479. The number of hydrogen-bond acceptors (Lipinski definition) is 4. The van der Waals surface area contributed by atoms with Crippen LogP contribution in [-0.4, -0.2) is 16.5 Å². The zero-order valence-corrected chi connectivity index (χ0v) is 11.7. The van der Waals surface area contributed by atoms with E-state index >= 15 is 0 Å². The Morgan fingerprint density at radius 3 is 2.83 bits per heavy atom. The molecule has 2 aromatic rings. The molecule has 0 aliphatic heterocycles. The molecule has 18 heavy (non-hydrogen) atoms. The molecule has 3 nitrogen and oxygen atoms in total. The van der Waals surface area contributed by atoms with Gasteiger partial charge in [0.05, 0.1) is 10.7 Å². The van der Waals surface area contributed by atoms with E-state index in [1.165, 1.54) is 0 Å². The maximum absolute atomic E-state index is 5.81. The van der Waals surface area contributed by atoms with Crippen molar-refractivity contribution in [2.24, 2.45) is 17.6 Å². The van der Waals surface area contributed by atoms with Crippen LogP contribution in [0, 0.1) is 11.8 Å². The Morgan fingerprint density at radius 1 is 1.39 bits per heavy atom. The molecule has 0 radical (unpaired) electrons. The molecular formula is C14H19N3S. The van der Waals surface area contributed by atoms with Gasteiger partial charge in [0.25, 0.3) is 0 Å². The second-order valence-corrected chi connectivity index (χ2v) is 5.75. The minimum Gasteiger partial charge on any atom is -0.330 e. The number of nitrogens with two attached hydrogens (primary N) is 1. The third-order valence-corrected chi connectivity index (χ3v) is 4.06. The zero-order valence-electron chi connectivity index (χ0n) is 10.8. The summed E-state index contributed by atoms with van der Waals surface area (Å²) in [7, 11) is 0. The first kappa shape index (κ1) is 13.2. The molecule has 0 aliphatic carbocycles. The summed E-state index contributed by atoms with van der Waals surface area (Å²) >= 11 is 1.71. The molecule has 2 N–H and O–H groups in total. The Hall–Kier alpha value is -1.26. The van der Waals surface area contributed by atoms with Crippen molar-refractivity contribution in [3.8, 4) is 11.3 Å². The maximum atomic E-state index is 5.81. The normalized spacial score (nSPS) is 12.9. The molecule has 0 amide bonds. The first-order valence-electron chi connectivity index (χ1n) is 6.25. The van der Waals surface area contributed by atoms with Crippen LogP contribution < -0.4 is 5.73 Å². The van der Waals surface area contributed by atoms with Gasteiger partial charge in [0.15, 0.2) is 0 Å². The Labute approximate surface area is 112 Å². The number of aromatic nitrogens is 2. The molecule has 1 unspecified atom stereocenters. The standard InChI is InChI=1S/C14H19N3S/c1-10(2)12(7-15)6-14-17-13(9-18-14)11-4-3-5-16-8-11/h3-5,8-10,12H,6-7,15H2,1-2H3. The van der Waals surface area contributed by atoms with E-state index in [1.807, 2.05) is 18.3 Å². The molecule has 2 rings (SSSR count). The van der Waals surface area contributed by atoms with Crippen LogP contribution in [0.4, 0.5) is 0 Å². The summed E-state index contributed by atoms with van der Waals surface area (Å²) in [6, 6.07) is 3.97. The van der Waals surface area contributed by atoms with Crippen LogP contribution in [0.2, 0.25) is 0 Å². The number of rotatable bonds is 5. The van der Waals surface area contributed by atoms with Gasteiger partial charge in [-0.25, -0.2) is 4.98 Å². The third-order valence-electron chi connectivity index (χ3n) is 3.19. The van der Waals surface area contributed by atoms with Crippen LogP contribution in [0.15, 0.2) is 29.9 Å². The van der Waals surface area contributed by atoms with Crippen molar-refractivity contribution in [1.29, 1.82) is 0 Å². The zero-order chi connectivity index (χ0) is 13.0. The molecule has 2 heterocycles. The molecule has 0 saturated heterocycles. The van der Waals surface area contributed by atoms with Crippen molar-refractivity contribution < 1.29 is 0 Å². The number of nitrogens with zero attached hydrogens (tertiary/aromatic N) is 2. The van der Waals surface area contributed by atoms with Crippen molar-refractivity contribution in [3.63, 3.8) is 0 Å². The van der Waals surface area contributed by atoms with Gasteiger partial charge < -0.3 is 5.73 Å². The van der Waals surface area contributed by atoms with Crippen LogP contribution in [0.25, 0.3) is 11.3 Å². The van der Waals surface area contributed by atoms with Gasteiger partial charge in [0, 0.05) is 29.8 Å². The van der Waals surface area contributed by atoms with E-state index in [0.717, 1.165) is 29.2 Å². The highest BCUT2D eigenvalue weighted by molar-refractivity contribution is 7.09. The maximum Gasteiger partial charge on any atom is 0.0935 e. The van der Waals surface area contributed by atoms with E-state index in [4.69, 9.17) is 5.73 Å². The first-order chi connectivity index (χ1) is 8.70. The Balaban J connectivity index is 2.11. The summed E-state index contributed by atoms with van der Waals surface area (Å²) in [4.78, 5) is 8.79. The van der Waals surface area contributed by atoms with Crippen LogP contribution in [0.1, 0.15) is 18.9 Å². The summed E-state index contributed by atoms with van der Waals surface area (Å²) < 4.78 is 0. The lowest BCUT2D eigenvalue weighted by Gasteiger charge is -2.16. The van der Waals surface area contributed by atoms with Gasteiger partial charge in [0.1, 0.15) is 0 Å². The van der Waals surface area contributed by atoms with Crippen molar-refractivity contribution in [2.45, 2.75) is 20.3 Å². The van der Waals surface area contributed by atoms with Crippen molar-refractivity contribution in [3.05, 3.63) is 34.9 Å². The van der Waals surface area contributed by atoms with Gasteiger partial charge in [-0.15, -0.1) is 11.3 Å². The summed E-state index contributed by atoms with van der Waals surface area (Å²) in [5, 5.41) is 3.26. The first-order valence-corrected chi connectivity index (χ1v) is 7.13. The van der Waals surface area contributed by atoms with Gasteiger partial charge in [-0.1, -0.05) is 13.8 Å². The molecule has 0 spiro atoms. The van der Waals surface area contributed by atoms with E-state index in [9.17, 15) is 0 Å². The third kappa shape index (κ3) is 3.15. The Kier molecular flexibility index (Phi) is 4.44. The molecule has 0 saturated carbocycles. The van der Waals surface area contributed by atoms with Crippen LogP contribution in [0.5, 0.6) is 0 Å². The fraction of sp³-hybridized carbons (Fsp3) is 0.429. The van der Waals surface area contributed by atoms with E-state index in [1.54, 1.807) is 17.5 Å². The van der Waals surface area contributed by atoms with Gasteiger partial charge in [-0.2, -0.15) is 0 Å². The van der Waals surface area contributed by atoms with E-state index in [-0.39, 0.29) is 0 Å². The molecule has 2 aromatic heterocycles. The van der Waals surface area contributed by atoms with Crippen LogP contribution in [0.3, 0.4) is 0 Å². The lowest BCUT2D eigenvalue weighted by molar-refractivity contribution is 0.391. The molecule has 4 heteroatoms. The fourth-order valence-electron chi connectivity index (χ4n) is 1.87. The number of thiazole rings is 1. The highest BCUT2D eigenvalue weighted by Gasteiger charge is 2.14. The average Bonchev–Trinajstić information content (AvgIpc) is 2.85. The molecule has 96 valence electrons. The predicted octanol–water partition coefficient (Wildman–Crippen LogP) is 2.98. The summed E-state index contributed by atoms with van der Waals surface area (Å²) in [5.74, 6) is 1.11. The highest BCUT2D eigenvalue weighted by atomic mass is 32.1. The van der Waals surface area contributed by atoms with Gasteiger partial charge >= 0.3 is 0 Å². The monoisotopic (exact) mass is 261 g/mol. The van der Waals surface area contributed by atoms with Gasteiger partial charge in [-0.3, -0.25) is 4.98 Å². The quantitative estimate of drug-likeness (QED) is 0.900. The molecule has 0 bridgehead atoms. The average molecular weight is 261 g/mol. The Morgan fingerprint density at radius 2 is 2.22 bits per heavy atom.